The summed E-state index contributed by atoms with van der Waals surface area (Å²) >= 11 is 0. The Morgan fingerprint density at radius 2 is 1.93 bits per heavy atom. The van der Waals surface area contributed by atoms with E-state index < -0.39 is 0 Å². The van der Waals surface area contributed by atoms with Crippen molar-refractivity contribution in [2.45, 2.75) is 52.1 Å². The van der Waals surface area contributed by atoms with Gasteiger partial charge in [-0.2, -0.15) is 0 Å². The van der Waals surface area contributed by atoms with E-state index in [1.807, 2.05) is 6.92 Å². The number of hydrogen-bond donors (Lipinski definition) is 1. The van der Waals surface area contributed by atoms with Crippen molar-refractivity contribution in [3.63, 3.8) is 0 Å². The highest BCUT2D eigenvalue weighted by Gasteiger charge is 2.31. The van der Waals surface area contributed by atoms with Crippen LogP contribution in [0.2, 0.25) is 0 Å². The summed E-state index contributed by atoms with van der Waals surface area (Å²) < 4.78 is 5.69. The fraction of sp³-hybridized carbons (Fsp3) is 0.692. The smallest absolute Gasteiger partial charge is 0.0954 e. The Morgan fingerprint density at radius 1 is 1.33 bits per heavy atom. The van der Waals surface area contributed by atoms with Crippen LogP contribution in [0.3, 0.4) is 0 Å². The van der Waals surface area contributed by atoms with Crippen LogP contribution in [0.5, 0.6) is 0 Å². The maximum atomic E-state index is 9.57. The van der Waals surface area contributed by atoms with Crippen LogP contribution in [0.4, 0.5) is 0 Å². The van der Waals surface area contributed by atoms with E-state index in [1.165, 1.54) is 5.57 Å². The first-order chi connectivity index (χ1) is 7.09. The van der Waals surface area contributed by atoms with Gasteiger partial charge >= 0.3 is 0 Å². The number of allylic oxidation sites excluding steroid dienone is 3. The largest absolute Gasteiger partial charge is 0.512 e. The number of ether oxygens (including phenoxy) is 1. The molecule has 1 aliphatic rings. The van der Waals surface area contributed by atoms with Gasteiger partial charge in [0, 0.05) is 13.5 Å². The molecule has 0 unspecified atom stereocenters. The van der Waals surface area contributed by atoms with E-state index in [-0.39, 0.29) is 5.60 Å². The molecule has 0 aromatic heterocycles. The summed E-state index contributed by atoms with van der Waals surface area (Å²) in [6.45, 7) is 6.27. The van der Waals surface area contributed by atoms with Crippen molar-refractivity contribution in [2.75, 3.05) is 7.11 Å². The van der Waals surface area contributed by atoms with Gasteiger partial charge in [0.25, 0.3) is 0 Å². The van der Waals surface area contributed by atoms with Gasteiger partial charge in [-0.05, 0) is 37.3 Å². The minimum absolute atomic E-state index is 0.123. The van der Waals surface area contributed by atoms with Crippen LogP contribution in [0.1, 0.15) is 46.5 Å². The minimum atomic E-state index is -0.123. The van der Waals surface area contributed by atoms with E-state index in [4.69, 9.17) is 4.74 Å². The second-order valence-electron chi connectivity index (χ2n) is 4.20. The highest BCUT2D eigenvalue weighted by atomic mass is 16.5. The summed E-state index contributed by atoms with van der Waals surface area (Å²) in [4.78, 5) is 0. The van der Waals surface area contributed by atoms with Crippen molar-refractivity contribution in [1.82, 2.24) is 0 Å². The fourth-order valence-electron chi connectivity index (χ4n) is 2.35. The third-order valence-electron chi connectivity index (χ3n) is 3.60. The first-order valence-corrected chi connectivity index (χ1v) is 5.74. The number of rotatable bonds is 4. The van der Waals surface area contributed by atoms with Crippen LogP contribution in [-0.4, -0.2) is 17.8 Å². The molecule has 0 aliphatic heterocycles. The number of methoxy groups -OCH3 is 1. The number of aliphatic hydroxyl groups is 1. The predicted octanol–water partition coefficient (Wildman–Crippen LogP) is 3.74. The van der Waals surface area contributed by atoms with Crippen LogP contribution in [0.25, 0.3) is 0 Å². The molecule has 0 saturated heterocycles. The Bertz CT molecular complexity index is 275. The van der Waals surface area contributed by atoms with Crippen LogP contribution >= 0.6 is 0 Å². The number of hydrogen-bond acceptors (Lipinski definition) is 2. The fourth-order valence-corrected chi connectivity index (χ4v) is 2.35. The SMILES string of the molecule is CCC(CC)(OC)C1=CC(C)=C(O)CC1. The topological polar surface area (TPSA) is 29.5 Å². The van der Waals surface area contributed by atoms with Crippen molar-refractivity contribution in [2.24, 2.45) is 0 Å². The van der Waals surface area contributed by atoms with Gasteiger partial charge in [-0.25, -0.2) is 0 Å². The van der Waals surface area contributed by atoms with Crippen molar-refractivity contribution in [3.8, 4) is 0 Å². The van der Waals surface area contributed by atoms with Crippen LogP contribution in [-0.2, 0) is 4.74 Å². The highest BCUT2D eigenvalue weighted by molar-refractivity contribution is 5.33. The lowest BCUT2D eigenvalue weighted by molar-refractivity contribution is 0.0121. The van der Waals surface area contributed by atoms with E-state index in [1.54, 1.807) is 7.11 Å². The zero-order valence-corrected chi connectivity index (χ0v) is 10.3. The van der Waals surface area contributed by atoms with E-state index in [2.05, 4.69) is 19.9 Å². The molecule has 0 radical (unpaired) electrons. The predicted molar refractivity (Wildman–Crippen MR) is 63.0 cm³/mol. The lowest BCUT2D eigenvalue weighted by Gasteiger charge is -2.35. The molecular weight excluding hydrogens is 188 g/mol. The van der Waals surface area contributed by atoms with Crippen molar-refractivity contribution in [3.05, 3.63) is 23.0 Å². The standard InChI is InChI=1S/C13H22O2/c1-5-13(6-2,15-4)11-7-8-12(14)10(3)9-11/h9,14H,5-8H2,1-4H3. The summed E-state index contributed by atoms with van der Waals surface area (Å²) in [6, 6.07) is 0. The molecule has 86 valence electrons. The Labute approximate surface area is 92.6 Å². The Hall–Kier alpha value is -0.760. The first kappa shape index (κ1) is 12.3. The molecule has 0 spiro atoms. The zero-order chi connectivity index (χ0) is 11.5. The molecular formula is C13H22O2. The minimum Gasteiger partial charge on any atom is -0.512 e. The van der Waals surface area contributed by atoms with Crippen molar-refractivity contribution >= 4 is 0 Å². The summed E-state index contributed by atoms with van der Waals surface area (Å²) in [5.74, 6) is 0.524. The van der Waals surface area contributed by atoms with Gasteiger partial charge in [-0.3, -0.25) is 0 Å². The molecule has 0 bridgehead atoms. The normalized spacial score (nSPS) is 18.0. The number of aliphatic hydroxyl groups excluding tert-OH is 1. The average molecular weight is 210 g/mol. The summed E-state index contributed by atoms with van der Waals surface area (Å²) in [5.41, 5.74) is 2.19. The van der Waals surface area contributed by atoms with Gasteiger partial charge in [0.2, 0.25) is 0 Å². The molecule has 1 rings (SSSR count). The zero-order valence-electron chi connectivity index (χ0n) is 10.3. The van der Waals surface area contributed by atoms with Crippen molar-refractivity contribution in [1.29, 1.82) is 0 Å². The second kappa shape index (κ2) is 4.84. The van der Waals surface area contributed by atoms with E-state index in [9.17, 15) is 5.11 Å². The molecule has 0 saturated carbocycles. The molecule has 0 aromatic carbocycles. The monoisotopic (exact) mass is 210 g/mol. The van der Waals surface area contributed by atoms with Gasteiger partial charge in [0.15, 0.2) is 0 Å². The Balaban J connectivity index is 3.01. The van der Waals surface area contributed by atoms with Gasteiger partial charge in [0.1, 0.15) is 0 Å². The molecule has 1 aliphatic carbocycles. The average Bonchev–Trinajstić information content (AvgIpc) is 2.26. The van der Waals surface area contributed by atoms with Gasteiger partial charge in [0.05, 0.1) is 11.4 Å². The third-order valence-corrected chi connectivity index (χ3v) is 3.60. The van der Waals surface area contributed by atoms with Gasteiger partial charge in [-0.1, -0.05) is 19.9 Å². The summed E-state index contributed by atoms with van der Waals surface area (Å²) in [7, 11) is 1.78. The van der Waals surface area contributed by atoms with Crippen molar-refractivity contribution < 1.29 is 9.84 Å². The molecule has 2 heteroatoms. The molecule has 0 aromatic rings. The second-order valence-corrected chi connectivity index (χ2v) is 4.20. The van der Waals surface area contributed by atoms with E-state index in [0.29, 0.717) is 5.76 Å². The first-order valence-electron chi connectivity index (χ1n) is 5.74. The lowest BCUT2D eigenvalue weighted by atomic mass is 9.81. The van der Waals surface area contributed by atoms with Crippen LogP contribution in [0, 0.1) is 0 Å². The quantitative estimate of drug-likeness (QED) is 0.765. The Kier molecular flexibility index (Phi) is 3.97. The third kappa shape index (κ3) is 2.25. The highest BCUT2D eigenvalue weighted by Crippen LogP contribution is 2.36. The van der Waals surface area contributed by atoms with Gasteiger partial charge in [-0.15, -0.1) is 0 Å². The molecule has 0 atom stereocenters. The van der Waals surface area contributed by atoms with Crippen LogP contribution < -0.4 is 0 Å². The summed E-state index contributed by atoms with van der Waals surface area (Å²) in [5, 5.41) is 9.57. The molecule has 0 amide bonds. The molecule has 0 heterocycles. The maximum absolute atomic E-state index is 9.57. The Morgan fingerprint density at radius 3 is 2.33 bits per heavy atom. The summed E-state index contributed by atoms with van der Waals surface area (Å²) in [6.07, 6.45) is 5.73. The van der Waals surface area contributed by atoms with E-state index in [0.717, 1.165) is 31.3 Å². The molecule has 2 nitrogen and oxygen atoms in total. The molecule has 15 heavy (non-hydrogen) atoms. The maximum Gasteiger partial charge on any atom is 0.0954 e. The van der Waals surface area contributed by atoms with E-state index >= 15 is 0 Å². The van der Waals surface area contributed by atoms with Gasteiger partial charge < -0.3 is 9.84 Å². The lowest BCUT2D eigenvalue weighted by Crippen LogP contribution is -2.33. The van der Waals surface area contributed by atoms with Crippen LogP contribution in [0.15, 0.2) is 23.0 Å². The molecule has 0 fully saturated rings. The molecule has 1 N–H and O–H groups in total.